The molecule has 0 N–H and O–H groups in total. The summed E-state index contributed by atoms with van der Waals surface area (Å²) in [6.07, 6.45) is 8.19. The molecular formula is C63H49F3N4O15S2. The quantitative estimate of drug-likeness (QED) is 0.0401. The van der Waals surface area contributed by atoms with Crippen molar-refractivity contribution in [3.8, 4) is 23.2 Å². The van der Waals surface area contributed by atoms with Gasteiger partial charge in [-0.1, -0.05) is 87.2 Å². The zero-order valence-corrected chi connectivity index (χ0v) is 48.2. The Morgan fingerprint density at radius 1 is 0.701 bits per heavy atom. The molecule has 2 fully saturated rings. The van der Waals surface area contributed by atoms with Crippen molar-refractivity contribution in [1.29, 1.82) is 0 Å². The van der Waals surface area contributed by atoms with Gasteiger partial charge in [0.25, 0.3) is 33.7 Å². The molecule has 0 spiro atoms. The number of fused-ring (bicyclic) bond motifs is 4. The average molecular weight is 1220 g/mol. The maximum absolute atomic E-state index is 15.3. The minimum absolute atomic E-state index is 0.00510. The van der Waals surface area contributed by atoms with Gasteiger partial charge in [0.2, 0.25) is 0 Å². The number of rotatable bonds is 15. The van der Waals surface area contributed by atoms with E-state index in [0.29, 0.717) is 57.2 Å². The molecule has 6 aromatic carbocycles. The molecule has 19 nitrogen and oxygen atoms in total. The predicted molar refractivity (Wildman–Crippen MR) is 309 cm³/mol. The molecule has 2 aromatic heterocycles. The Bertz CT molecular complexity index is 4700. The molecule has 12 rings (SSSR count). The van der Waals surface area contributed by atoms with Crippen LogP contribution in [0.2, 0.25) is 0 Å². The number of carbonyl (C=O) groups excluding carboxylic acids is 7. The van der Waals surface area contributed by atoms with E-state index >= 15 is 4.79 Å². The third-order valence-electron chi connectivity index (χ3n) is 17.1. The Hall–Kier alpha value is -9.28. The maximum atomic E-state index is 15.3. The summed E-state index contributed by atoms with van der Waals surface area (Å²) in [5.74, 6) is -2.48. The molecule has 87 heavy (non-hydrogen) atoms. The number of halogens is 3. The molecule has 24 heteroatoms. The average Bonchev–Trinajstić information content (AvgIpc) is 1.63. The van der Waals surface area contributed by atoms with Gasteiger partial charge in [0.1, 0.15) is 12.4 Å². The van der Waals surface area contributed by atoms with Crippen molar-refractivity contribution < 1.29 is 81.6 Å². The van der Waals surface area contributed by atoms with E-state index < -0.39 is 94.6 Å². The van der Waals surface area contributed by atoms with Crippen molar-refractivity contribution in [3.05, 3.63) is 161 Å². The molecule has 2 aliphatic carbocycles. The molecule has 8 aromatic rings. The van der Waals surface area contributed by atoms with Gasteiger partial charge in [-0.05, 0) is 96.8 Å². The largest absolute Gasteiger partial charge is 0.525 e. The minimum Gasteiger partial charge on any atom is -0.462 e. The molecule has 4 aliphatic rings. The summed E-state index contributed by atoms with van der Waals surface area (Å²) in [7, 11) is -11.4. The second-order valence-electron chi connectivity index (χ2n) is 22.2. The van der Waals surface area contributed by atoms with Crippen LogP contribution in [0.25, 0.3) is 60.8 Å². The summed E-state index contributed by atoms with van der Waals surface area (Å²) in [5.41, 5.74) is -5.35. The number of imide groups is 2. The Morgan fingerprint density at radius 2 is 1.28 bits per heavy atom. The fourth-order valence-electron chi connectivity index (χ4n) is 13.1. The highest BCUT2D eigenvalue weighted by molar-refractivity contribution is 7.87. The number of hydroxylamine groups is 4. The number of Topliss-reactive ketones (excluding diaryl/α,β-unsaturated/α-hetero) is 1. The topological polar surface area (TPSA) is 241 Å². The number of nitrogens with zero attached hydrogens (tertiary/aromatic N) is 4. The molecule has 4 amide bonds. The molecule has 2 bridgehead atoms. The van der Waals surface area contributed by atoms with Gasteiger partial charge >= 0.3 is 27.6 Å². The highest BCUT2D eigenvalue weighted by Crippen LogP contribution is 2.69. The first-order valence-corrected chi connectivity index (χ1v) is 30.3. The summed E-state index contributed by atoms with van der Waals surface area (Å²) in [4.78, 5) is 95.0. The van der Waals surface area contributed by atoms with Gasteiger partial charge < -0.3 is 18.6 Å². The standard InChI is InChI=1S/C63H49F3N4O15S2/c1-5-12-52(72)83-30-11-13-37-32-67(48-20-7-6-15-39(37)48)49-25-22-44-54-40(49)16-8-18-42(54)57(74)69(59(44)76)84-86(78,79)34-62-28-27-47(61(62,3)4)53(56(62)73)36-21-24-51-46(31-36)38(14-10-29-82-35(2)71)33-68(51)50-26-23-45-55-41(50)17-9-19-43(55)58(75)70(60(45)77)85-87(80,81)63(64,65)66/h6-10,14-26,31-33,47,53H,5,12,27-30,34H2,1-4H3/b14-10-. The van der Waals surface area contributed by atoms with E-state index in [1.165, 1.54) is 43.3 Å². The number of esters is 2. The summed E-state index contributed by atoms with van der Waals surface area (Å²) in [6, 6.07) is 27.4. The molecular weight excluding hydrogens is 1170 g/mol. The van der Waals surface area contributed by atoms with Crippen molar-refractivity contribution in [2.24, 2.45) is 16.7 Å². The van der Waals surface area contributed by atoms with E-state index in [1.54, 1.807) is 71.6 Å². The molecule has 3 unspecified atom stereocenters. The van der Waals surface area contributed by atoms with Crippen molar-refractivity contribution in [2.45, 2.75) is 64.8 Å². The highest BCUT2D eigenvalue weighted by Gasteiger charge is 2.70. The van der Waals surface area contributed by atoms with Gasteiger partial charge in [0.05, 0.1) is 61.4 Å². The molecule has 3 atom stereocenters. The van der Waals surface area contributed by atoms with E-state index in [2.05, 4.69) is 16.1 Å². The van der Waals surface area contributed by atoms with Crippen molar-refractivity contribution in [3.63, 3.8) is 0 Å². The second kappa shape index (κ2) is 21.0. The van der Waals surface area contributed by atoms with Crippen LogP contribution in [0.3, 0.4) is 0 Å². The molecule has 0 saturated heterocycles. The monoisotopic (exact) mass is 1220 g/mol. The Kier molecular flexibility index (Phi) is 14.0. The summed E-state index contributed by atoms with van der Waals surface area (Å²) < 4.78 is 117. The number of benzene rings is 6. The number of aromatic nitrogens is 2. The Balaban J connectivity index is 0.843. The van der Waals surface area contributed by atoms with Gasteiger partial charge in [0.15, 0.2) is 6.61 Å². The number of ketones is 1. The maximum Gasteiger partial charge on any atom is 0.525 e. The SMILES string of the molecule is CCCC(=O)OCC#Cc1cn(-c2ccc3c4c(cccc24)C(=O)N(OS(=O)(=O)CC24CCC(C(c5ccc6c(c5)c(/C=C\COC(C)=O)cn6-c5ccc6c7c(cccc57)C(=O)N(OS(=O)(=O)C(F)(F)F)C6=O)C2=O)C4(C)C)C3=O)c2ccccc12. The van der Waals surface area contributed by atoms with Crippen LogP contribution in [0.1, 0.15) is 117 Å². The summed E-state index contributed by atoms with van der Waals surface area (Å²) in [5, 5.41) is 2.12. The fraction of sp³-hybridized carbons (Fsp3) is 0.254. The Morgan fingerprint density at radius 3 is 1.89 bits per heavy atom. The Labute approximate surface area is 493 Å². The van der Waals surface area contributed by atoms with Gasteiger partial charge in [0, 0.05) is 69.5 Å². The molecule has 4 heterocycles. The van der Waals surface area contributed by atoms with Crippen molar-refractivity contribution in [2.75, 3.05) is 19.0 Å². The number of hydrogen-bond acceptors (Lipinski definition) is 15. The third-order valence-corrected chi connectivity index (χ3v) is 19.2. The van der Waals surface area contributed by atoms with Crippen LogP contribution < -0.4 is 0 Å². The number of carbonyl (C=O) groups is 7. The number of hydrogen-bond donors (Lipinski definition) is 0. The van der Waals surface area contributed by atoms with Crippen LogP contribution >= 0.6 is 0 Å². The second-order valence-corrected chi connectivity index (χ2v) is 25.2. The normalized spacial score (nSPS) is 19.1. The minimum atomic E-state index is -6.44. The lowest BCUT2D eigenvalue weighted by atomic mass is 9.70. The third kappa shape index (κ3) is 9.38. The zero-order chi connectivity index (χ0) is 61.9. The first kappa shape index (κ1) is 58.1. The van der Waals surface area contributed by atoms with Gasteiger partial charge in [-0.3, -0.25) is 33.6 Å². The highest BCUT2D eigenvalue weighted by atomic mass is 32.2. The van der Waals surface area contributed by atoms with Crippen LogP contribution in [0.5, 0.6) is 0 Å². The molecule has 2 aliphatic heterocycles. The van der Waals surface area contributed by atoms with E-state index in [9.17, 15) is 58.8 Å². The smallest absolute Gasteiger partial charge is 0.462 e. The lowest BCUT2D eigenvalue weighted by Gasteiger charge is -2.36. The lowest BCUT2D eigenvalue weighted by molar-refractivity contribution is -0.142. The van der Waals surface area contributed by atoms with Crippen LogP contribution in [-0.4, -0.2) is 102 Å². The van der Waals surface area contributed by atoms with Crippen molar-refractivity contribution >= 4 is 111 Å². The molecule has 2 saturated carbocycles. The number of ether oxygens (including phenoxy) is 2. The zero-order valence-electron chi connectivity index (χ0n) is 46.6. The fourth-order valence-corrected chi connectivity index (χ4v) is 15.1. The van der Waals surface area contributed by atoms with Gasteiger partial charge in [-0.15, -0.1) is 18.7 Å². The van der Waals surface area contributed by atoms with Crippen molar-refractivity contribution in [1.82, 2.24) is 19.3 Å². The van der Waals surface area contributed by atoms with Crippen LogP contribution in [0.15, 0.2) is 122 Å². The van der Waals surface area contributed by atoms with E-state index in [4.69, 9.17) is 13.8 Å². The summed E-state index contributed by atoms with van der Waals surface area (Å²) in [6.45, 7) is 6.49. The summed E-state index contributed by atoms with van der Waals surface area (Å²) >= 11 is 0. The van der Waals surface area contributed by atoms with E-state index in [1.807, 2.05) is 49.6 Å². The van der Waals surface area contributed by atoms with E-state index in [0.717, 1.165) is 10.9 Å². The first-order chi connectivity index (χ1) is 41.3. The number of para-hydroxylation sites is 1. The lowest BCUT2D eigenvalue weighted by Crippen LogP contribution is -2.47. The molecule has 444 valence electrons. The number of alkyl halides is 3. The first-order valence-electron chi connectivity index (χ1n) is 27.4. The van der Waals surface area contributed by atoms with Crippen LogP contribution in [-0.2, 0) is 52.7 Å². The van der Waals surface area contributed by atoms with Gasteiger partial charge in [-0.2, -0.15) is 30.0 Å². The molecule has 0 radical (unpaired) electrons. The van der Waals surface area contributed by atoms with Crippen LogP contribution in [0, 0.1) is 28.6 Å². The predicted octanol–water partition coefficient (Wildman–Crippen LogP) is 10.2. The van der Waals surface area contributed by atoms with Crippen LogP contribution in [0.4, 0.5) is 13.2 Å². The van der Waals surface area contributed by atoms with E-state index in [-0.39, 0.29) is 75.5 Å². The number of amides is 4. The van der Waals surface area contributed by atoms with Gasteiger partial charge in [-0.25, -0.2) is 0 Å².